The summed E-state index contributed by atoms with van der Waals surface area (Å²) in [6.07, 6.45) is 0. The van der Waals surface area contributed by atoms with Crippen LogP contribution in [0.2, 0.25) is 0 Å². The molecule has 0 amide bonds. The van der Waals surface area contributed by atoms with Crippen molar-refractivity contribution >= 4 is 23.6 Å². The van der Waals surface area contributed by atoms with E-state index in [4.69, 9.17) is 33.2 Å². The second-order valence-corrected chi connectivity index (χ2v) is 10.3. The number of carbonyl (C=O) groups is 3. The van der Waals surface area contributed by atoms with Crippen molar-refractivity contribution in [1.29, 1.82) is 0 Å². The van der Waals surface area contributed by atoms with Gasteiger partial charge in [-0.15, -0.1) is 0 Å². The fourth-order valence-electron chi connectivity index (χ4n) is 6.20. The smallest absolute Gasteiger partial charge is 0.337 e. The van der Waals surface area contributed by atoms with Gasteiger partial charge >= 0.3 is 17.9 Å². The third-order valence-electron chi connectivity index (χ3n) is 8.15. The number of carbonyl (C=O) groups excluding carboxylic acids is 3. The van der Waals surface area contributed by atoms with Crippen LogP contribution in [0.4, 0.5) is 5.69 Å². The minimum absolute atomic E-state index is 0.0421. The molecular weight excluding hydrogens is 562 g/mol. The van der Waals surface area contributed by atoms with E-state index in [0.717, 1.165) is 11.1 Å². The van der Waals surface area contributed by atoms with Crippen molar-refractivity contribution in [3.63, 3.8) is 0 Å². The normalized spacial score (nSPS) is 21.3. The molecule has 43 heavy (non-hydrogen) atoms. The highest BCUT2D eigenvalue weighted by molar-refractivity contribution is 5.97. The molecule has 0 saturated carbocycles. The summed E-state index contributed by atoms with van der Waals surface area (Å²) in [7, 11) is 5.37. The highest BCUT2D eigenvalue weighted by atomic mass is 16.7. The third-order valence-corrected chi connectivity index (χ3v) is 8.15. The third kappa shape index (κ3) is 4.68. The predicted molar refractivity (Wildman–Crippen MR) is 149 cm³/mol. The Morgan fingerprint density at radius 1 is 0.814 bits per heavy atom. The fourth-order valence-corrected chi connectivity index (χ4v) is 6.20. The number of benzene rings is 3. The second kappa shape index (κ2) is 10.9. The molecule has 224 valence electrons. The van der Waals surface area contributed by atoms with Crippen LogP contribution in [0.25, 0.3) is 0 Å². The Labute approximate surface area is 246 Å². The van der Waals surface area contributed by atoms with Crippen molar-refractivity contribution in [2.24, 2.45) is 11.8 Å². The maximum absolute atomic E-state index is 13.4. The van der Waals surface area contributed by atoms with E-state index in [9.17, 15) is 19.5 Å². The van der Waals surface area contributed by atoms with E-state index in [0.29, 0.717) is 22.7 Å². The quantitative estimate of drug-likeness (QED) is 0.304. The number of aromatic hydroxyl groups is 1. The van der Waals surface area contributed by atoms with E-state index in [1.165, 1.54) is 34.5 Å². The van der Waals surface area contributed by atoms with Crippen LogP contribution in [0.5, 0.6) is 28.7 Å². The summed E-state index contributed by atoms with van der Waals surface area (Å²) in [4.78, 5) is 38.4. The zero-order chi connectivity index (χ0) is 30.4. The van der Waals surface area contributed by atoms with E-state index in [1.54, 1.807) is 24.3 Å². The molecule has 2 aliphatic heterocycles. The number of fused-ring (bicyclic) bond motifs is 3. The minimum atomic E-state index is -0.659. The molecule has 0 spiro atoms. The van der Waals surface area contributed by atoms with Crippen molar-refractivity contribution in [2.45, 2.75) is 12.0 Å². The Kier molecular flexibility index (Phi) is 7.12. The van der Waals surface area contributed by atoms with Crippen molar-refractivity contribution in [3.05, 3.63) is 70.3 Å². The van der Waals surface area contributed by atoms with Gasteiger partial charge in [-0.25, -0.2) is 9.59 Å². The second-order valence-electron chi connectivity index (χ2n) is 10.3. The number of hydrogen-bond acceptors (Lipinski definition) is 12. The molecule has 0 unspecified atom stereocenters. The van der Waals surface area contributed by atoms with Gasteiger partial charge in [-0.2, -0.15) is 0 Å². The monoisotopic (exact) mass is 591 g/mol. The SMILES string of the molecule is COC(=O)c1cc(N[C@@H]2c3cc4c(cc3[C@@H](c3cc(OC)c(O)c(OC)c3)[C@H]3C(=O)OC[C@@H]32)OCO4)cc(C(=O)OC)c1. The summed E-state index contributed by atoms with van der Waals surface area (Å²) in [5.74, 6) is -1.96. The summed E-state index contributed by atoms with van der Waals surface area (Å²) in [5.41, 5.74) is 2.94. The molecule has 0 bridgehead atoms. The van der Waals surface area contributed by atoms with Gasteiger partial charge in [-0.3, -0.25) is 4.79 Å². The Morgan fingerprint density at radius 2 is 1.40 bits per heavy atom. The van der Waals surface area contributed by atoms with Crippen LogP contribution in [-0.2, 0) is 19.0 Å². The number of phenols is 1. The number of cyclic esters (lactones) is 1. The van der Waals surface area contributed by atoms with E-state index in [-0.39, 0.29) is 47.7 Å². The number of nitrogens with one attached hydrogen (secondary N) is 1. The summed E-state index contributed by atoms with van der Waals surface area (Å²) >= 11 is 0. The molecular formula is C31H29NO11. The van der Waals surface area contributed by atoms with E-state index >= 15 is 0 Å². The lowest BCUT2D eigenvalue weighted by molar-refractivity contribution is -0.141. The van der Waals surface area contributed by atoms with Gasteiger partial charge < -0.3 is 43.6 Å². The maximum atomic E-state index is 13.4. The van der Waals surface area contributed by atoms with Gasteiger partial charge in [0.2, 0.25) is 12.5 Å². The first-order valence-electron chi connectivity index (χ1n) is 13.4. The van der Waals surface area contributed by atoms with E-state index in [1.807, 2.05) is 12.1 Å². The lowest BCUT2D eigenvalue weighted by Crippen LogP contribution is -2.37. The number of ether oxygens (including phenoxy) is 7. The molecule has 6 rings (SSSR count). The van der Waals surface area contributed by atoms with Gasteiger partial charge in [-0.05, 0) is 59.2 Å². The van der Waals surface area contributed by atoms with Gasteiger partial charge in [-0.1, -0.05) is 0 Å². The summed E-state index contributed by atoms with van der Waals surface area (Å²) in [6.45, 7) is 0.152. The molecule has 3 aliphatic rings. The van der Waals surface area contributed by atoms with Gasteiger partial charge in [0.1, 0.15) is 0 Å². The Balaban J connectivity index is 1.53. The number of phenolic OH excluding ortho intramolecular Hbond substituents is 1. The van der Waals surface area contributed by atoms with Crippen molar-refractivity contribution in [3.8, 4) is 28.7 Å². The predicted octanol–water partition coefficient (Wildman–Crippen LogP) is 3.80. The zero-order valence-corrected chi connectivity index (χ0v) is 23.8. The molecule has 3 aromatic carbocycles. The molecule has 1 saturated heterocycles. The fraction of sp³-hybridized carbons (Fsp3) is 0.323. The van der Waals surface area contributed by atoms with Crippen LogP contribution in [-0.4, -0.2) is 64.9 Å². The molecule has 12 heteroatoms. The largest absolute Gasteiger partial charge is 0.502 e. The maximum Gasteiger partial charge on any atom is 0.337 e. The van der Waals surface area contributed by atoms with Gasteiger partial charge in [0, 0.05) is 17.5 Å². The molecule has 2 N–H and O–H groups in total. The Morgan fingerprint density at radius 3 is 1.95 bits per heavy atom. The van der Waals surface area contributed by atoms with Crippen LogP contribution >= 0.6 is 0 Å². The average molecular weight is 592 g/mol. The van der Waals surface area contributed by atoms with Crippen molar-refractivity contribution in [1.82, 2.24) is 0 Å². The summed E-state index contributed by atoms with van der Waals surface area (Å²) in [5, 5.41) is 14.0. The lowest BCUT2D eigenvalue weighted by atomic mass is 9.65. The van der Waals surface area contributed by atoms with E-state index < -0.39 is 35.8 Å². The van der Waals surface area contributed by atoms with Crippen LogP contribution in [0.3, 0.4) is 0 Å². The molecule has 12 nitrogen and oxygen atoms in total. The number of anilines is 1. The number of rotatable bonds is 7. The van der Waals surface area contributed by atoms with Crippen molar-refractivity contribution < 1.29 is 52.6 Å². The molecule has 1 fully saturated rings. The van der Waals surface area contributed by atoms with Gasteiger partial charge in [0.25, 0.3) is 0 Å². The first-order valence-corrected chi connectivity index (χ1v) is 13.4. The minimum Gasteiger partial charge on any atom is -0.502 e. The van der Waals surface area contributed by atoms with E-state index in [2.05, 4.69) is 5.32 Å². The molecule has 1 aliphatic carbocycles. The summed E-state index contributed by atoms with van der Waals surface area (Å²) < 4.78 is 37.7. The van der Waals surface area contributed by atoms with Crippen molar-refractivity contribution in [2.75, 3.05) is 47.2 Å². The van der Waals surface area contributed by atoms with Gasteiger partial charge in [0.15, 0.2) is 23.0 Å². The standard InChI is InChI=1S/C31H29NO11/c1-37-23-8-14(9-24(38-2)28(23)33)25-18-10-21-22(43-13-42-21)11-19(18)27(20-12-41-31(36)26(20)25)32-17-6-15(29(34)39-3)5-16(7-17)30(35)40-4/h5-11,20,25-27,32-33H,12-13H2,1-4H3/t20-,25+,26-,27+/m0/s1. The molecule has 0 aromatic heterocycles. The molecule has 0 radical (unpaired) electrons. The number of esters is 3. The van der Waals surface area contributed by atoms with Crippen LogP contribution < -0.4 is 24.3 Å². The Hall–Kier alpha value is -5.13. The number of hydrogen-bond donors (Lipinski definition) is 2. The van der Waals surface area contributed by atoms with Crippen LogP contribution in [0, 0.1) is 11.8 Å². The number of methoxy groups -OCH3 is 4. The average Bonchev–Trinajstić information content (AvgIpc) is 3.65. The molecule has 3 aromatic rings. The highest BCUT2D eigenvalue weighted by Crippen LogP contribution is 2.56. The molecule has 2 heterocycles. The van der Waals surface area contributed by atoms with Crippen LogP contribution in [0.1, 0.15) is 49.4 Å². The Bertz CT molecular complexity index is 1570. The topological polar surface area (TPSA) is 148 Å². The lowest BCUT2D eigenvalue weighted by Gasteiger charge is -2.40. The first-order chi connectivity index (χ1) is 20.8. The van der Waals surface area contributed by atoms with Gasteiger partial charge in [0.05, 0.1) is 58.1 Å². The highest BCUT2D eigenvalue weighted by Gasteiger charge is 2.52. The summed E-state index contributed by atoms with van der Waals surface area (Å²) in [6, 6.07) is 11.1. The molecule has 4 atom stereocenters. The first kappa shape index (κ1) is 28.0. The zero-order valence-electron chi connectivity index (χ0n) is 23.8. The van der Waals surface area contributed by atoms with Crippen LogP contribution in [0.15, 0.2) is 42.5 Å².